The van der Waals surface area contributed by atoms with Crippen molar-refractivity contribution in [3.05, 3.63) is 156 Å². The number of furan rings is 1. The van der Waals surface area contributed by atoms with Crippen LogP contribution in [0.2, 0.25) is 0 Å². The highest BCUT2D eigenvalue weighted by Crippen LogP contribution is 2.37. The average molecular weight is 530 g/mol. The lowest BCUT2D eigenvalue weighted by Crippen LogP contribution is -2.45. The van der Waals surface area contributed by atoms with E-state index in [1.807, 2.05) is 12.1 Å². The largest absolute Gasteiger partial charge is 0.456 e. The molecule has 2 atom stereocenters. The first-order valence-corrected chi connectivity index (χ1v) is 14.0. The molecule has 0 radical (unpaired) electrons. The summed E-state index contributed by atoms with van der Waals surface area (Å²) in [7, 11) is 0. The first kappa shape index (κ1) is 23.7. The Morgan fingerprint density at radius 2 is 1.32 bits per heavy atom. The molecule has 2 heterocycles. The van der Waals surface area contributed by atoms with Gasteiger partial charge >= 0.3 is 0 Å². The lowest BCUT2D eigenvalue weighted by atomic mass is 9.99. The predicted octanol–water partition coefficient (Wildman–Crippen LogP) is 8.74. The van der Waals surface area contributed by atoms with Gasteiger partial charge in [0.25, 0.3) is 0 Å². The number of fused-ring (bicyclic) bond motifs is 4. The van der Waals surface area contributed by atoms with Crippen LogP contribution in [0, 0.1) is 0 Å². The SMILES string of the molecule is c1ccc(-c2ccc3c(c2)oc2cccc(C4NC(c5ccc6ccccc6c5)=NC(c5ccccc5)N4)c23)cc1. The van der Waals surface area contributed by atoms with E-state index in [0.29, 0.717) is 0 Å². The molecule has 1 aromatic heterocycles. The van der Waals surface area contributed by atoms with Crippen LogP contribution in [0.5, 0.6) is 0 Å². The molecule has 6 aromatic carbocycles. The van der Waals surface area contributed by atoms with Gasteiger partial charge in [0.05, 0.1) is 0 Å². The Kier molecular flexibility index (Phi) is 5.64. The highest BCUT2D eigenvalue weighted by molar-refractivity contribution is 6.08. The average Bonchev–Trinajstić information content (AvgIpc) is 3.43. The number of nitrogens with one attached hydrogen (secondary N) is 2. The Morgan fingerprint density at radius 1 is 0.561 bits per heavy atom. The Bertz CT molecular complexity index is 2060. The van der Waals surface area contributed by atoms with Gasteiger partial charge in [0.1, 0.15) is 29.3 Å². The lowest BCUT2D eigenvalue weighted by molar-refractivity contribution is 0.411. The first-order chi connectivity index (χ1) is 20.3. The molecule has 8 rings (SSSR count). The number of benzene rings is 6. The fourth-order valence-corrected chi connectivity index (χ4v) is 5.91. The summed E-state index contributed by atoms with van der Waals surface area (Å²) in [6.07, 6.45) is -0.389. The molecule has 1 aliphatic heterocycles. The summed E-state index contributed by atoms with van der Waals surface area (Å²) in [6, 6.07) is 48.6. The number of rotatable bonds is 4. The number of amidine groups is 1. The zero-order chi connectivity index (χ0) is 27.2. The normalized spacial score (nSPS) is 17.0. The minimum atomic E-state index is -0.206. The van der Waals surface area contributed by atoms with Crippen molar-refractivity contribution < 1.29 is 4.42 Å². The second kappa shape index (κ2) is 9.77. The molecule has 2 unspecified atom stereocenters. The summed E-state index contributed by atoms with van der Waals surface area (Å²) in [4.78, 5) is 5.15. The Balaban J connectivity index is 1.25. The van der Waals surface area contributed by atoms with Crippen LogP contribution in [-0.4, -0.2) is 5.84 Å². The fraction of sp³-hybridized carbons (Fsp3) is 0.0541. The summed E-state index contributed by atoms with van der Waals surface area (Å²) >= 11 is 0. The van der Waals surface area contributed by atoms with E-state index in [-0.39, 0.29) is 12.3 Å². The van der Waals surface area contributed by atoms with E-state index in [0.717, 1.165) is 50.0 Å². The molecule has 0 saturated carbocycles. The van der Waals surface area contributed by atoms with Crippen molar-refractivity contribution in [1.82, 2.24) is 10.6 Å². The van der Waals surface area contributed by atoms with Crippen LogP contribution in [0.25, 0.3) is 43.8 Å². The van der Waals surface area contributed by atoms with Crippen molar-refractivity contribution in [2.45, 2.75) is 12.3 Å². The number of hydrogen-bond acceptors (Lipinski definition) is 4. The third kappa shape index (κ3) is 4.26. The molecule has 1 aliphatic rings. The maximum Gasteiger partial charge on any atom is 0.136 e. The summed E-state index contributed by atoms with van der Waals surface area (Å²) < 4.78 is 6.43. The molecule has 4 nitrogen and oxygen atoms in total. The van der Waals surface area contributed by atoms with Crippen LogP contribution >= 0.6 is 0 Å². The molecule has 41 heavy (non-hydrogen) atoms. The van der Waals surface area contributed by atoms with Gasteiger partial charge in [-0.2, -0.15) is 0 Å². The molecule has 0 aliphatic carbocycles. The molecule has 196 valence electrons. The predicted molar refractivity (Wildman–Crippen MR) is 168 cm³/mol. The summed E-state index contributed by atoms with van der Waals surface area (Å²) in [5, 5.41) is 12.1. The molecule has 0 fully saturated rings. The summed E-state index contributed by atoms with van der Waals surface area (Å²) in [6.45, 7) is 0. The highest BCUT2D eigenvalue weighted by Gasteiger charge is 2.28. The Morgan fingerprint density at radius 3 is 2.17 bits per heavy atom. The van der Waals surface area contributed by atoms with Crippen LogP contribution in [0.4, 0.5) is 0 Å². The lowest BCUT2D eigenvalue weighted by Gasteiger charge is -2.32. The van der Waals surface area contributed by atoms with Gasteiger partial charge in [-0.15, -0.1) is 0 Å². The van der Waals surface area contributed by atoms with Crippen LogP contribution in [0.3, 0.4) is 0 Å². The molecule has 0 saturated heterocycles. The molecule has 4 heteroatoms. The third-order valence-corrected chi connectivity index (χ3v) is 7.95. The zero-order valence-electron chi connectivity index (χ0n) is 22.3. The Labute approximate surface area is 238 Å². The van der Waals surface area contributed by atoms with Crippen molar-refractivity contribution in [3.8, 4) is 11.1 Å². The second-order valence-electron chi connectivity index (χ2n) is 10.5. The minimum Gasteiger partial charge on any atom is -0.456 e. The number of nitrogens with zero attached hydrogens (tertiary/aromatic N) is 1. The first-order valence-electron chi connectivity index (χ1n) is 14.0. The maximum atomic E-state index is 6.43. The van der Waals surface area contributed by atoms with E-state index in [2.05, 4.69) is 138 Å². The van der Waals surface area contributed by atoms with E-state index >= 15 is 0 Å². The standard InChI is InChI=1S/C37H27N3O/c1-3-10-24(11-4-1)28-20-21-30-33(23-28)41-32-17-9-16-31(34(30)32)37-39-35(26-13-5-2-6-14-26)38-36(40-37)29-19-18-25-12-7-8-15-27(25)22-29/h1-23,35,37,39H,(H,38,40). The number of hydrogen-bond donors (Lipinski definition) is 2. The quantitative estimate of drug-likeness (QED) is 0.240. The van der Waals surface area contributed by atoms with Gasteiger partial charge in [-0.25, -0.2) is 4.99 Å². The van der Waals surface area contributed by atoms with Gasteiger partial charge in [-0.1, -0.05) is 115 Å². The summed E-state index contributed by atoms with van der Waals surface area (Å²) in [5.74, 6) is 0.865. The van der Waals surface area contributed by atoms with E-state index in [9.17, 15) is 0 Å². The topological polar surface area (TPSA) is 49.6 Å². The molecule has 7 aromatic rings. The van der Waals surface area contributed by atoms with Crippen LogP contribution in [0.1, 0.15) is 29.0 Å². The number of aliphatic imine (C=N–C) groups is 1. The zero-order valence-corrected chi connectivity index (χ0v) is 22.3. The van der Waals surface area contributed by atoms with Crippen molar-refractivity contribution in [1.29, 1.82) is 0 Å². The molecular formula is C37H27N3O. The van der Waals surface area contributed by atoms with Gasteiger partial charge < -0.3 is 9.73 Å². The third-order valence-electron chi connectivity index (χ3n) is 7.95. The molecule has 2 N–H and O–H groups in total. The highest BCUT2D eigenvalue weighted by atomic mass is 16.3. The van der Waals surface area contributed by atoms with Gasteiger partial charge in [0, 0.05) is 21.9 Å². The van der Waals surface area contributed by atoms with E-state index in [4.69, 9.17) is 9.41 Å². The molecular weight excluding hydrogens is 502 g/mol. The van der Waals surface area contributed by atoms with Gasteiger partial charge in [0.15, 0.2) is 0 Å². The van der Waals surface area contributed by atoms with Crippen molar-refractivity contribution in [3.63, 3.8) is 0 Å². The fourth-order valence-electron chi connectivity index (χ4n) is 5.91. The molecule has 0 spiro atoms. The van der Waals surface area contributed by atoms with Gasteiger partial charge in [-0.3, -0.25) is 5.32 Å². The van der Waals surface area contributed by atoms with Gasteiger partial charge in [-0.05, 0) is 51.7 Å². The molecule has 0 amide bonds. The monoisotopic (exact) mass is 529 g/mol. The minimum absolute atomic E-state index is 0.183. The van der Waals surface area contributed by atoms with Gasteiger partial charge in [0.2, 0.25) is 0 Å². The Hall–Kier alpha value is -5.19. The van der Waals surface area contributed by atoms with Crippen LogP contribution in [-0.2, 0) is 0 Å². The maximum absolute atomic E-state index is 6.43. The smallest absolute Gasteiger partial charge is 0.136 e. The van der Waals surface area contributed by atoms with Crippen molar-refractivity contribution in [2.24, 2.45) is 4.99 Å². The van der Waals surface area contributed by atoms with E-state index in [1.165, 1.54) is 16.3 Å². The second-order valence-corrected chi connectivity index (χ2v) is 10.5. The van der Waals surface area contributed by atoms with E-state index in [1.54, 1.807) is 0 Å². The van der Waals surface area contributed by atoms with E-state index < -0.39 is 0 Å². The molecule has 0 bridgehead atoms. The van der Waals surface area contributed by atoms with Crippen molar-refractivity contribution in [2.75, 3.05) is 0 Å². The van der Waals surface area contributed by atoms with Crippen LogP contribution < -0.4 is 10.6 Å². The van der Waals surface area contributed by atoms with Crippen molar-refractivity contribution >= 4 is 38.5 Å². The van der Waals surface area contributed by atoms with Crippen LogP contribution in [0.15, 0.2) is 149 Å². The summed E-state index contributed by atoms with van der Waals surface area (Å²) in [5.41, 5.74) is 7.38.